The summed E-state index contributed by atoms with van der Waals surface area (Å²) in [7, 11) is 1.64. The smallest absolute Gasteiger partial charge is 0.404 e. The Kier molecular flexibility index (Phi) is 5.26. The van der Waals surface area contributed by atoms with Crippen molar-refractivity contribution in [3.8, 4) is 5.75 Å². The molecule has 1 amide bonds. The van der Waals surface area contributed by atoms with E-state index >= 15 is 0 Å². The Balaban J connectivity index is 1.59. The fourth-order valence-corrected chi connectivity index (χ4v) is 2.80. The molecule has 9 nitrogen and oxygen atoms in total. The highest BCUT2D eigenvalue weighted by molar-refractivity contribution is 5.64. The summed E-state index contributed by atoms with van der Waals surface area (Å²) in [6, 6.07) is 9.62. The SMILES string of the molecule is COc1cccc(CNc2cc(N3CC(CNC(=O)O)C3)nc(N)n2)c1. The molecular formula is C17H22N6O3. The van der Waals surface area contributed by atoms with Crippen LogP contribution in [0.2, 0.25) is 0 Å². The van der Waals surface area contributed by atoms with E-state index in [4.69, 9.17) is 15.6 Å². The number of rotatable bonds is 7. The van der Waals surface area contributed by atoms with Crippen molar-refractivity contribution in [2.45, 2.75) is 6.54 Å². The summed E-state index contributed by atoms with van der Waals surface area (Å²) in [6.45, 7) is 2.48. The number of methoxy groups -OCH3 is 1. The molecule has 0 bridgehead atoms. The lowest BCUT2D eigenvalue weighted by molar-refractivity contribution is 0.191. The molecule has 0 atom stereocenters. The number of carboxylic acid groups (broad SMARTS) is 1. The van der Waals surface area contributed by atoms with E-state index in [1.165, 1.54) is 0 Å². The van der Waals surface area contributed by atoms with E-state index in [2.05, 4.69) is 20.6 Å². The van der Waals surface area contributed by atoms with Crippen molar-refractivity contribution < 1.29 is 14.6 Å². The molecule has 0 saturated carbocycles. The van der Waals surface area contributed by atoms with Gasteiger partial charge in [-0.3, -0.25) is 0 Å². The second-order valence-electron chi connectivity index (χ2n) is 6.13. The summed E-state index contributed by atoms with van der Waals surface area (Å²) in [4.78, 5) is 21.1. The van der Waals surface area contributed by atoms with Gasteiger partial charge < -0.3 is 31.1 Å². The van der Waals surface area contributed by atoms with Crippen LogP contribution in [0.3, 0.4) is 0 Å². The summed E-state index contributed by atoms with van der Waals surface area (Å²) in [5, 5.41) is 14.3. The highest BCUT2D eigenvalue weighted by Crippen LogP contribution is 2.25. The zero-order valence-electron chi connectivity index (χ0n) is 14.5. The number of nitrogens with two attached hydrogens (primary N) is 1. The maximum absolute atomic E-state index is 10.5. The summed E-state index contributed by atoms with van der Waals surface area (Å²) in [6.07, 6.45) is -1.00. The monoisotopic (exact) mass is 358 g/mol. The first kappa shape index (κ1) is 17.6. The van der Waals surface area contributed by atoms with E-state index in [0.29, 0.717) is 18.9 Å². The first-order chi connectivity index (χ1) is 12.5. The Morgan fingerprint density at radius 3 is 2.92 bits per heavy atom. The van der Waals surface area contributed by atoms with Gasteiger partial charge in [0.15, 0.2) is 0 Å². The van der Waals surface area contributed by atoms with Gasteiger partial charge in [-0.2, -0.15) is 9.97 Å². The van der Waals surface area contributed by atoms with Gasteiger partial charge in [0, 0.05) is 38.2 Å². The maximum atomic E-state index is 10.5. The van der Waals surface area contributed by atoms with Crippen LogP contribution in [0.5, 0.6) is 5.75 Å². The Hall–Kier alpha value is -3.23. The molecule has 2 heterocycles. The van der Waals surface area contributed by atoms with Crippen molar-refractivity contribution >= 4 is 23.7 Å². The van der Waals surface area contributed by atoms with Crippen LogP contribution in [0.25, 0.3) is 0 Å². The Morgan fingerprint density at radius 1 is 1.38 bits per heavy atom. The lowest BCUT2D eigenvalue weighted by atomic mass is 10.0. The molecule has 1 aromatic heterocycles. The fraction of sp³-hybridized carbons (Fsp3) is 0.353. The predicted octanol–water partition coefficient (Wildman–Crippen LogP) is 1.38. The molecule has 26 heavy (non-hydrogen) atoms. The largest absolute Gasteiger partial charge is 0.497 e. The van der Waals surface area contributed by atoms with E-state index < -0.39 is 6.09 Å². The van der Waals surface area contributed by atoms with Gasteiger partial charge in [0.2, 0.25) is 5.95 Å². The number of nitrogens with one attached hydrogen (secondary N) is 2. The molecule has 1 fully saturated rings. The second kappa shape index (κ2) is 7.77. The maximum Gasteiger partial charge on any atom is 0.404 e. The Labute approximate surface area is 151 Å². The highest BCUT2D eigenvalue weighted by atomic mass is 16.5. The highest BCUT2D eigenvalue weighted by Gasteiger charge is 2.28. The minimum Gasteiger partial charge on any atom is -0.497 e. The number of nitrogen functional groups attached to an aromatic ring is 1. The molecular weight excluding hydrogens is 336 g/mol. The third kappa shape index (κ3) is 4.44. The van der Waals surface area contributed by atoms with Gasteiger partial charge in [0.1, 0.15) is 17.4 Å². The number of hydrogen-bond donors (Lipinski definition) is 4. The fourth-order valence-electron chi connectivity index (χ4n) is 2.80. The number of amides is 1. The van der Waals surface area contributed by atoms with Gasteiger partial charge in [0.05, 0.1) is 7.11 Å². The molecule has 1 aliphatic rings. The Morgan fingerprint density at radius 2 is 2.19 bits per heavy atom. The van der Waals surface area contributed by atoms with Gasteiger partial charge >= 0.3 is 6.09 Å². The molecule has 138 valence electrons. The number of nitrogens with zero attached hydrogens (tertiary/aromatic N) is 3. The molecule has 2 aromatic rings. The third-order valence-electron chi connectivity index (χ3n) is 4.16. The first-order valence-corrected chi connectivity index (χ1v) is 8.26. The standard InChI is InChI=1S/C17H22N6O3/c1-26-13-4-2-3-11(5-13)7-19-14-6-15(22-16(18)21-14)23-9-12(10-23)8-20-17(24)25/h2-6,12,20H,7-10H2,1H3,(H,24,25)(H3,18,19,21,22). The minimum atomic E-state index is -1.00. The van der Waals surface area contributed by atoms with E-state index in [9.17, 15) is 4.79 Å². The summed E-state index contributed by atoms with van der Waals surface area (Å²) in [5.74, 6) is 2.65. The summed E-state index contributed by atoms with van der Waals surface area (Å²) < 4.78 is 5.22. The lowest BCUT2D eigenvalue weighted by Gasteiger charge is -2.40. The summed E-state index contributed by atoms with van der Waals surface area (Å²) >= 11 is 0. The van der Waals surface area contributed by atoms with Crippen molar-refractivity contribution in [2.75, 3.05) is 42.7 Å². The average Bonchev–Trinajstić information content (AvgIpc) is 2.58. The lowest BCUT2D eigenvalue weighted by Crippen LogP contribution is -2.51. The van der Waals surface area contributed by atoms with Crippen LogP contribution >= 0.6 is 0 Å². The minimum absolute atomic E-state index is 0.197. The molecule has 0 aliphatic carbocycles. The Bertz CT molecular complexity index is 779. The third-order valence-corrected chi connectivity index (χ3v) is 4.16. The quantitative estimate of drug-likeness (QED) is 0.585. The number of benzene rings is 1. The van der Waals surface area contributed by atoms with Crippen molar-refractivity contribution in [3.05, 3.63) is 35.9 Å². The van der Waals surface area contributed by atoms with Crippen molar-refractivity contribution in [1.29, 1.82) is 0 Å². The zero-order valence-corrected chi connectivity index (χ0v) is 14.5. The predicted molar refractivity (Wildman–Crippen MR) is 98.5 cm³/mol. The number of carbonyl (C=O) groups is 1. The zero-order chi connectivity index (χ0) is 18.5. The first-order valence-electron chi connectivity index (χ1n) is 8.26. The van der Waals surface area contributed by atoms with Gasteiger partial charge in [-0.1, -0.05) is 12.1 Å². The number of hydrogen-bond acceptors (Lipinski definition) is 7. The molecule has 0 unspecified atom stereocenters. The van der Waals surface area contributed by atoms with E-state index in [-0.39, 0.29) is 11.9 Å². The van der Waals surface area contributed by atoms with Crippen molar-refractivity contribution in [1.82, 2.24) is 15.3 Å². The number of anilines is 3. The molecule has 3 rings (SSSR count). The van der Waals surface area contributed by atoms with Crippen LogP contribution in [0, 0.1) is 5.92 Å². The van der Waals surface area contributed by atoms with Gasteiger partial charge in [-0.25, -0.2) is 4.79 Å². The number of aromatic nitrogens is 2. The van der Waals surface area contributed by atoms with Crippen molar-refractivity contribution in [3.63, 3.8) is 0 Å². The van der Waals surface area contributed by atoms with Crippen LogP contribution in [-0.4, -0.2) is 47.9 Å². The number of ether oxygens (including phenoxy) is 1. The molecule has 1 saturated heterocycles. The van der Waals surface area contributed by atoms with E-state index in [0.717, 1.165) is 30.2 Å². The second-order valence-corrected chi connectivity index (χ2v) is 6.13. The summed E-state index contributed by atoms with van der Waals surface area (Å²) in [5.41, 5.74) is 6.89. The van der Waals surface area contributed by atoms with Crippen molar-refractivity contribution in [2.24, 2.45) is 5.92 Å². The molecule has 1 aromatic carbocycles. The van der Waals surface area contributed by atoms with Gasteiger partial charge in [0.25, 0.3) is 0 Å². The van der Waals surface area contributed by atoms with Gasteiger partial charge in [-0.15, -0.1) is 0 Å². The molecule has 5 N–H and O–H groups in total. The molecule has 0 spiro atoms. The van der Waals surface area contributed by atoms with E-state index in [1.807, 2.05) is 35.2 Å². The molecule has 0 radical (unpaired) electrons. The van der Waals surface area contributed by atoms with Gasteiger partial charge in [-0.05, 0) is 17.7 Å². The van der Waals surface area contributed by atoms with Crippen LogP contribution in [-0.2, 0) is 6.54 Å². The molecule has 1 aliphatic heterocycles. The van der Waals surface area contributed by atoms with Crippen LogP contribution in [0.1, 0.15) is 5.56 Å². The van der Waals surface area contributed by atoms with Crippen LogP contribution in [0.4, 0.5) is 22.4 Å². The topological polar surface area (TPSA) is 126 Å². The molecule has 9 heteroatoms. The average molecular weight is 358 g/mol. The van der Waals surface area contributed by atoms with E-state index in [1.54, 1.807) is 7.11 Å². The van der Waals surface area contributed by atoms with Crippen LogP contribution < -0.4 is 26.0 Å². The normalized spacial score (nSPS) is 13.8. The van der Waals surface area contributed by atoms with Crippen LogP contribution in [0.15, 0.2) is 30.3 Å².